The molecule has 0 aromatic carbocycles. The standard InChI is InChI=1S/C24H31N3O6/c1-24(2,3)33-23(31)25-11-13-32-12-5-4-6-16-7-8-18-17(14-16)15-27(22(18)30)19-9-10-20(28)26-21(19)29/h8,14,16,19H,5,7,9-13,15H2,1-3H3,(H,25,31)(H,26,28,29). The maximum absolute atomic E-state index is 12.7. The molecule has 178 valence electrons. The Morgan fingerprint density at radius 2 is 2.06 bits per heavy atom. The van der Waals surface area contributed by atoms with Crippen molar-refractivity contribution in [2.24, 2.45) is 5.92 Å². The molecule has 0 spiro atoms. The van der Waals surface area contributed by atoms with Crippen molar-refractivity contribution in [2.75, 3.05) is 26.3 Å². The highest BCUT2D eigenvalue weighted by molar-refractivity contribution is 6.07. The van der Waals surface area contributed by atoms with Crippen LogP contribution in [0.15, 0.2) is 23.3 Å². The second-order valence-corrected chi connectivity index (χ2v) is 9.16. The van der Waals surface area contributed by atoms with E-state index in [2.05, 4.69) is 22.5 Å². The number of amides is 4. The maximum Gasteiger partial charge on any atom is 0.407 e. The predicted octanol–water partition coefficient (Wildman–Crippen LogP) is 1.44. The molecule has 3 aliphatic rings. The number of ether oxygens (including phenoxy) is 2. The summed E-state index contributed by atoms with van der Waals surface area (Å²) in [6.45, 7) is 6.97. The Balaban J connectivity index is 1.39. The molecule has 9 nitrogen and oxygen atoms in total. The molecule has 2 unspecified atom stereocenters. The van der Waals surface area contributed by atoms with Crippen LogP contribution in [-0.4, -0.2) is 66.7 Å². The van der Waals surface area contributed by atoms with Gasteiger partial charge in [-0.25, -0.2) is 4.79 Å². The summed E-state index contributed by atoms with van der Waals surface area (Å²) in [6.07, 6.45) is 5.22. The monoisotopic (exact) mass is 457 g/mol. The number of hydrogen-bond donors (Lipinski definition) is 2. The largest absolute Gasteiger partial charge is 0.444 e. The molecule has 0 aromatic rings. The fraction of sp³-hybridized carbons (Fsp3) is 0.583. The molecule has 2 fully saturated rings. The lowest BCUT2D eigenvalue weighted by Crippen LogP contribution is -2.52. The van der Waals surface area contributed by atoms with E-state index in [1.165, 1.54) is 0 Å². The zero-order valence-corrected chi connectivity index (χ0v) is 19.4. The molecular formula is C24H31N3O6. The minimum absolute atomic E-state index is 0.00657. The fourth-order valence-electron chi connectivity index (χ4n) is 3.85. The minimum atomic E-state index is -0.603. The van der Waals surface area contributed by atoms with Crippen molar-refractivity contribution in [1.82, 2.24) is 15.5 Å². The summed E-state index contributed by atoms with van der Waals surface area (Å²) in [5, 5.41) is 4.94. The molecule has 2 aliphatic heterocycles. The molecule has 0 saturated carbocycles. The number of rotatable bonds is 6. The van der Waals surface area contributed by atoms with Gasteiger partial charge >= 0.3 is 6.09 Å². The number of nitrogens with one attached hydrogen (secondary N) is 2. The normalized spacial score (nSPS) is 22.5. The number of nitrogens with zero attached hydrogens (tertiary/aromatic N) is 1. The van der Waals surface area contributed by atoms with Crippen molar-refractivity contribution >= 4 is 23.8 Å². The smallest absolute Gasteiger partial charge is 0.407 e. The molecule has 9 heteroatoms. The molecule has 2 N–H and O–H groups in total. The quantitative estimate of drug-likeness (QED) is 0.354. The van der Waals surface area contributed by atoms with Crippen LogP contribution in [0.2, 0.25) is 0 Å². The van der Waals surface area contributed by atoms with Crippen LogP contribution in [0.1, 0.15) is 46.5 Å². The second kappa shape index (κ2) is 10.7. The second-order valence-electron chi connectivity index (χ2n) is 9.16. The van der Waals surface area contributed by atoms with Gasteiger partial charge in [0.2, 0.25) is 11.8 Å². The van der Waals surface area contributed by atoms with E-state index in [9.17, 15) is 19.2 Å². The Morgan fingerprint density at radius 1 is 1.27 bits per heavy atom. The van der Waals surface area contributed by atoms with Crippen LogP contribution in [0.3, 0.4) is 0 Å². The number of alkyl carbamates (subject to hydrolysis) is 1. The number of hydrogen-bond acceptors (Lipinski definition) is 6. The summed E-state index contributed by atoms with van der Waals surface area (Å²) >= 11 is 0. The molecule has 1 aliphatic carbocycles. The summed E-state index contributed by atoms with van der Waals surface area (Å²) in [5.41, 5.74) is 0.998. The van der Waals surface area contributed by atoms with Gasteiger partial charge in [0.15, 0.2) is 0 Å². The van der Waals surface area contributed by atoms with Gasteiger partial charge in [-0.1, -0.05) is 18.1 Å². The Hall–Kier alpha value is -3.12. The van der Waals surface area contributed by atoms with E-state index in [0.717, 1.165) is 5.57 Å². The van der Waals surface area contributed by atoms with Crippen LogP contribution in [0.25, 0.3) is 0 Å². The van der Waals surface area contributed by atoms with E-state index in [1.807, 2.05) is 12.2 Å². The van der Waals surface area contributed by atoms with Crippen molar-refractivity contribution in [1.29, 1.82) is 0 Å². The van der Waals surface area contributed by atoms with Gasteiger partial charge < -0.3 is 19.7 Å². The summed E-state index contributed by atoms with van der Waals surface area (Å²) in [4.78, 5) is 49.3. The number of fused-ring (bicyclic) bond motifs is 1. The lowest BCUT2D eigenvalue weighted by molar-refractivity contribution is -0.142. The van der Waals surface area contributed by atoms with E-state index in [4.69, 9.17) is 9.47 Å². The third-order valence-electron chi connectivity index (χ3n) is 5.32. The number of allylic oxidation sites excluding steroid dienone is 2. The van der Waals surface area contributed by atoms with Crippen molar-refractivity contribution < 1.29 is 28.7 Å². The highest BCUT2D eigenvalue weighted by Crippen LogP contribution is 2.32. The average Bonchev–Trinajstić information content (AvgIpc) is 3.04. The molecular weight excluding hydrogens is 426 g/mol. The van der Waals surface area contributed by atoms with E-state index < -0.39 is 23.6 Å². The van der Waals surface area contributed by atoms with Gasteiger partial charge in [0.1, 0.15) is 11.6 Å². The number of carbonyl (C=O) groups excluding carboxylic acids is 4. The number of piperidine rings is 1. The van der Waals surface area contributed by atoms with Gasteiger partial charge in [0.05, 0.1) is 13.2 Å². The molecule has 0 aromatic heterocycles. The van der Waals surface area contributed by atoms with E-state index >= 15 is 0 Å². The summed E-state index contributed by atoms with van der Waals surface area (Å²) < 4.78 is 10.6. The van der Waals surface area contributed by atoms with Gasteiger partial charge in [-0.05, 0) is 39.2 Å². The Labute approximate surface area is 193 Å². The van der Waals surface area contributed by atoms with Gasteiger partial charge in [-0.15, -0.1) is 5.92 Å². The molecule has 2 heterocycles. The Bertz CT molecular complexity index is 934. The number of likely N-dealkylation sites (tertiary alicyclic amines) is 1. The highest BCUT2D eigenvalue weighted by Gasteiger charge is 2.41. The van der Waals surface area contributed by atoms with Gasteiger partial charge in [-0.2, -0.15) is 0 Å². The fourth-order valence-corrected chi connectivity index (χ4v) is 3.85. The first-order valence-electron chi connectivity index (χ1n) is 11.2. The first kappa shape index (κ1) is 24.5. The van der Waals surface area contributed by atoms with Gasteiger partial charge in [0.25, 0.3) is 5.91 Å². The first-order valence-corrected chi connectivity index (χ1v) is 11.2. The first-order chi connectivity index (χ1) is 15.6. The van der Waals surface area contributed by atoms with Crippen LogP contribution in [-0.2, 0) is 23.9 Å². The molecule has 4 amide bonds. The molecule has 3 rings (SSSR count). The summed E-state index contributed by atoms with van der Waals surface area (Å²) in [7, 11) is 0. The third-order valence-corrected chi connectivity index (χ3v) is 5.32. The van der Waals surface area contributed by atoms with E-state index in [1.54, 1.807) is 25.7 Å². The Morgan fingerprint density at radius 3 is 2.79 bits per heavy atom. The maximum atomic E-state index is 12.7. The van der Waals surface area contributed by atoms with Crippen LogP contribution in [0.5, 0.6) is 0 Å². The third kappa shape index (κ3) is 6.93. The van der Waals surface area contributed by atoms with Gasteiger partial charge in [0, 0.05) is 37.4 Å². The van der Waals surface area contributed by atoms with Crippen molar-refractivity contribution in [2.45, 2.75) is 58.1 Å². The predicted molar refractivity (Wildman–Crippen MR) is 120 cm³/mol. The average molecular weight is 458 g/mol. The van der Waals surface area contributed by atoms with Gasteiger partial charge in [-0.3, -0.25) is 19.7 Å². The molecule has 0 radical (unpaired) electrons. The summed E-state index contributed by atoms with van der Waals surface area (Å²) in [6, 6.07) is -0.603. The SMILES string of the molecule is CC(C)(C)OC(=O)NCCOCCC#CC1C=C2CN(C3CCC(=O)NC3=O)C(=O)C2=CC1. The lowest BCUT2D eigenvalue weighted by Gasteiger charge is -2.28. The van der Waals surface area contributed by atoms with Crippen molar-refractivity contribution in [3.05, 3.63) is 23.3 Å². The van der Waals surface area contributed by atoms with Crippen molar-refractivity contribution in [3.8, 4) is 11.8 Å². The molecule has 2 saturated heterocycles. The number of imide groups is 1. The molecule has 33 heavy (non-hydrogen) atoms. The highest BCUT2D eigenvalue weighted by atomic mass is 16.6. The number of carbonyl (C=O) groups is 4. The van der Waals surface area contributed by atoms with E-state index in [-0.39, 0.29) is 24.2 Å². The van der Waals surface area contributed by atoms with Crippen LogP contribution in [0, 0.1) is 17.8 Å². The van der Waals surface area contributed by atoms with Crippen LogP contribution < -0.4 is 10.6 Å². The minimum Gasteiger partial charge on any atom is -0.444 e. The van der Waals surface area contributed by atoms with Crippen LogP contribution in [0.4, 0.5) is 4.79 Å². The zero-order chi connectivity index (χ0) is 24.0. The Kier molecular flexibility index (Phi) is 7.92. The van der Waals surface area contributed by atoms with Crippen molar-refractivity contribution in [3.63, 3.8) is 0 Å². The zero-order valence-electron chi connectivity index (χ0n) is 19.4. The topological polar surface area (TPSA) is 114 Å². The molecule has 0 bridgehead atoms. The van der Waals surface area contributed by atoms with Crippen LogP contribution >= 0.6 is 0 Å². The lowest BCUT2D eigenvalue weighted by atomic mass is 9.92. The molecule has 2 atom stereocenters. The van der Waals surface area contributed by atoms with E-state index in [0.29, 0.717) is 51.1 Å². The summed E-state index contributed by atoms with van der Waals surface area (Å²) in [5.74, 6) is 5.45.